The van der Waals surface area contributed by atoms with Crippen LogP contribution in [0.4, 0.5) is 0 Å². The van der Waals surface area contributed by atoms with E-state index in [9.17, 15) is 4.79 Å². The van der Waals surface area contributed by atoms with Crippen molar-refractivity contribution in [2.45, 2.75) is 52.4 Å². The molecule has 1 aromatic rings. The van der Waals surface area contributed by atoms with E-state index in [2.05, 4.69) is 23.8 Å². The standard InChI is InChI=1S/C16H27N3O/c1-3-5-7-11-19(12-8-6-4-2)16(20)10-9-15-13-17-14-18-15/h9-10,13-14H,3-8,11-12H2,1-2H3,(H,17,18)/b10-9+. The van der Waals surface area contributed by atoms with Crippen molar-refractivity contribution >= 4 is 12.0 Å². The van der Waals surface area contributed by atoms with Gasteiger partial charge in [0.25, 0.3) is 0 Å². The number of aromatic amines is 1. The third-order valence-corrected chi connectivity index (χ3v) is 3.30. The van der Waals surface area contributed by atoms with E-state index in [4.69, 9.17) is 0 Å². The average Bonchev–Trinajstić information content (AvgIpc) is 2.97. The molecule has 112 valence electrons. The van der Waals surface area contributed by atoms with Crippen LogP contribution < -0.4 is 0 Å². The Labute approximate surface area is 122 Å². The zero-order valence-electron chi connectivity index (χ0n) is 12.8. The Bertz CT molecular complexity index is 374. The van der Waals surface area contributed by atoms with Crippen molar-refractivity contribution in [3.63, 3.8) is 0 Å². The smallest absolute Gasteiger partial charge is 0.246 e. The number of nitrogens with one attached hydrogen (secondary N) is 1. The first kappa shape index (κ1) is 16.5. The molecule has 1 amide bonds. The minimum Gasteiger partial charge on any atom is -0.345 e. The first-order chi connectivity index (χ1) is 9.77. The maximum atomic E-state index is 12.2. The van der Waals surface area contributed by atoms with Crippen molar-refractivity contribution < 1.29 is 4.79 Å². The molecule has 4 nitrogen and oxygen atoms in total. The van der Waals surface area contributed by atoms with E-state index in [-0.39, 0.29) is 5.91 Å². The Hall–Kier alpha value is -1.58. The molecule has 1 N–H and O–H groups in total. The highest BCUT2D eigenvalue weighted by Crippen LogP contribution is 2.05. The monoisotopic (exact) mass is 277 g/mol. The van der Waals surface area contributed by atoms with Gasteiger partial charge in [-0.15, -0.1) is 0 Å². The lowest BCUT2D eigenvalue weighted by Crippen LogP contribution is -2.31. The lowest BCUT2D eigenvalue weighted by Gasteiger charge is -2.21. The fourth-order valence-corrected chi connectivity index (χ4v) is 2.06. The lowest BCUT2D eigenvalue weighted by molar-refractivity contribution is -0.126. The van der Waals surface area contributed by atoms with Crippen molar-refractivity contribution in [2.24, 2.45) is 0 Å². The zero-order valence-corrected chi connectivity index (χ0v) is 12.8. The summed E-state index contributed by atoms with van der Waals surface area (Å²) < 4.78 is 0. The van der Waals surface area contributed by atoms with E-state index in [0.29, 0.717) is 0 Å². The van der Waals surface area contributed by atoms with Gasteiger partial charge in [0.2, 0.25) is 5.91 Å². The van der Waals surface area contributed by atoms with Gasteiger partial charge >= 0.3 is 0 Å². The van der Waals surface area contributed by atoms with Crippen LogP contribution in [-0.2, 0) is 4.79 Å². The summed E-state index contributed by atoms with van der Waals surface area (Å²) in [6.45, 7) is 6.09. The maximum Gasteiger partial charge on any atom is 0.246 e. The number of carbonyl (C=O) groups excluding carboxylic acids is 1. The fourth-order valence-electron chi connectivity index (χ4n) is 2.06. The lowest BCUT2D eigenvalue weighted by atomic mass is 10.2. The quantitative estimate of drug-likeness (QED) is 0.524. The molecule has 0 radical (unpaired) electrons. The molecule has 0 saturated heterocycles. The van der Waals surface area contributed by atoms with Crippen LogP contribution in [0.15, 0.2) is 18.6 Å². The molecule has 0 atom stereocenters. The Morgan fingerprint density at radius 2 is 1.85 bits per heavy atom. The Balaban J connectivity index is 2.48. The summed E-state index contributed by atoms with van der Waals surface area (Å²) in [5.41, 5.74) is 0.861. The molecule has 0 aliphatic heterocycles. The largest absolute Gasteiger partial charge is 0.345 e. The molecule has 1 aromatic heterocycles. The normalized spacial score (nSPS) is 11.1. The van der Waals surface area contributed by atoms with Crippen molar-refractivity contribution in [3.05, 3.63) is 24.3 Å². The molecule has 4 heteroatoms. The summed E-state index contributed by atoms with van der Waals surface area (Å²) in [5, 5.41) is 0. The number of rotatable bonds is 10. The predicted molar refractivity (Wildman–Crippen MR) is 83.3 cm³/mol. The van der Waals surface area contributed by atoms with E-state index in [0.717, 1.165) is 31.6 Å². The second-order valence-electron chi connectivity index (χ2n) is 5.08. The highest BCUT2D eigenvalue weighted by atomic mass is 16.2. The first-order valence-electron chi connectivity index (χ1n) is 7.73. The third-order valence-electron chi connectivity index (χ3n) is 3.30. The summed E-state index contributed by atoms with van der Waals surface area (Å²) in [4.78, 5) is 21.1. The van der Waals surface area contributed by atoms with E-state index in [1.165, 1.54) is 25.7 Å². The number of unbranched alkanes of at least 4 members (excludes halogenated alkanes) is 4. The van der Waals surface area contributed by atoms with Gasteiger partial charge in [-0.3, -0.25) is 4.79 Å². The Morgan fingerprint density at radius 3 is 2.35 bits per heavy atom. The van der Waals surface area contributed by atoms with Gasteiger partial charge in [0, 0.05) is 19.2 Å². The van der Waals surface area contributed by atoms with Crippen LogP contribution >= 0.6 is 0 Å². The van der Waals surface area contributed by atoms with E-state index in [1.807, 2.05) is 4.90 Å². The average molecular weight is 277 g/mol. The first-order valence-corrected chi connectivity index (χ1v) is 7.73. The molecule has 0 bridgehead atoms. The van der Waals surface area contributed by atoms with Crippen LogP contribution in [0.5, 0.6) is 0 Å². The molecular weight excluding hydrogens is 250 g/mol. The number of amides is 1. The summed E-state index contributed by atoms with van der Waals surface area (Å²) in [6.07, 6.45) is 13.7. The number of imidazole rings is 1. The zero-order chi connectivity index (χ0) is 14.6. The fraction of sp³-hybridized carbons (Fsp3) is 0.625. The van der Waals surface area contributed by atoms with Gasteiger partial charge in [-0.2, -0.15) is 0 Å². The Kier molecular flexibility index (Phi) is 8.43. The van der Waals surface area contributed by atoms with Crippen molar-refractivity contribution in [2.75, 3.05) is 13.1 Å². The third kappa shape index (κ3) is 6.55. The van der Waals surface area contributed by atoms with Crippen molar-refractivity contribution in [1.82, 2.24) is 14.9 Å². The van der Waals surface area contributed by atoms with Gasteiger partial charge in [-0.1, -0.05) is 39.5 Å². The molecule has 1 rings (SSSR count). The molecule has 0 aromatic carbocycles. The van der Waals surface area contributed by atoms with Gasteiger partial charge in [-0.25, -0.2) is 4.98 Å². The molecule has 0 aliphatic carbocycles. The number of nitrogens with zero attached hydrogens (tertiary/aromatic N) is 2. The number of carbonyl (C=O) groups is 1. The van der Waals surface area contributed by atoms with Gasteiger partial charge in [0.1, 0.15) is 0 Å². The number of hydrogen-bond donors (Lipinski definition) is 1. The van der Waals surface area contributed by atoms with Crippen LogP contribution in [-0.4, -0.2) is 33.9 Å². The summed E-state index contributed by atoms with van der Waals surface area (Å²) in [7, 11) is 0. The molecule has 0 fully saturated rings. The van der Waals surface area contributed by atoms with Crippen LogP contribution in [0.3, 0.4) is 0 Å². The van der Waals surface area contributed by atoms with Gasteiger partial charge in [0.15, 0.2) is 0 Å². The number of aromatic nitrogens is 2. The topological polar surface area (TPSA) is 49.0 Å². The highest BCUT2D eigenvalue weighted by Gasteiger charge is 2.09. The van der Waals surface area contributed by atoms with E-state index >= 15 is 0 Å². The van der Waals surface area contributed by atoms with Gasteiger partial charge < -0.3 is 9.88 Å². The highest BCUT2D eigenvalue weighted by molar-refractivity contribution is 5.91. The molecule has 0 saturated carbocycles. The minimum absolute atomic E-state index is 0.104. The van der Waals surface area contributed by atoms with Gasteiger partial charge in [-0.05, 0) is 18.9 Å². The second-order valence-corrected chi connectivity index (χ2v) is 5.08. The number of hydrogen-bond acceptors (Lipinski definition) is 2. The minimum atomic E-state index is 0.104. The molecule has 20 heavy (non-hydrogen) atoms. The van der Waals surface area contributed by atoms with Crippen molar-refractivity contribution in [1.29, 1.82) is 0 Å². The molecule has 0 unspecified atom stereocenters. The summed E-state index contributed by atoms with van der Waals surface area (Å²) in [6, 6.07) is 0. The Morgan fingerprint density at radius 1 is 1.20 bits per heavy atom. The SMILES string of the molecule is CCCCCN(CCCCC)C(=O)/C=C/c1cnc[nH]1. The van der Waals surface area contributed by atoms with Crippen LogP contribution in [0, 0.1) is 0 Å². The van der Waals surface area contributed by atoms with Crippen LogP contribution in [0.25, 0.3) is 6.08 Å². The molecule has 0 aliphatic rings. The van der Waals surface area contributed by atoms with Crippen LogP contribution in [0.1, 0.15) is 58.1 Å². The van der Waals surface area contributed by atoms with Crippen molar-refractivity contribution in [3.8, 4) is 0 Å². The van der Waals surface area contributed by atoms with E-state index in [1.54, 1.807) is 24.7 Å². The summed E-state index contributed by atoms with van der Waals surface area (Å²) >= 11 is 0. The predicted octanol–water partition coefficient (Wildman–Crippen LogP) is 3.63. The molecular formula is C16H27N3O. The van der Waals surface area contributed by atoms with Gasteiger partial charge in [0.05, 0.1) is 18.2 Å². The summed E-state index contributed by atoms with van der Waals surface area (Å²) in [5.74, 6) is 0.104. The maximum absolute atomic E-state index is 12.2. The number of H-pyrrole nitrogens is 1. The van der Waals surface area contributed by atoms with Crippen LogP contribution in [0.2, 0.25) is 0 Å². The second kappa shape index (κ2) is 10.2. The molecule has 0 spiro atoms. The van der Waals surface area contributed by atoms with E-state index < -0.39 is 0 Å². The molecule has 1 heterocycles.